The lowest BCUT2D eigenvalue weighted by atomic mass is 9.91. The van der Waals surface area contributed by atoms with Crippen molar-refractivity contribution in [2.24, 2.45) is 0 Å². The first-order chi connectivity index (χ1) is 8.70. The molecular weight excluding hydrogens is 222 g/mol. The van der Waals surface area contributed by atoms with Gasteiger partial charge in [-0.25, -0.2) is 0 Å². The van der Waals surface area contributed by atoms with Crippen molar-refractivity contribution in [1.82, 2.24) is 5.32 Å². The number of aliphatic hydroxyl groups excluding tert-OH is 1. The highest BCUT2D eigenvalue weighted by Gasteiger charge is 2.24. The van der Waals surface area contributed by atoms with E-state index >= 15 is 0 Å². The monoisotopic (exact) mass is 247 g/mol. The van der Waals surface area contributed by atoms with E-state index in [4.69, 9.17) is 0 Å². The molecule has 0 aromatic heterocycles. The summed E-state index contributed by atoms with van der Waals surface area (Å²) in [7, 11) is 0. The van der Waals surface area contributed by atoms with E-state index in [1.54, 1.807) is 0 Å². The van der Waals surface area contributed by atoms with E-state index < -0.39 is 0 Å². The molecule has 0 radical (unpaired) electrons. The van der Waals surface area contributed by atoms with Gasteiger partial charge in [0.15, 0.2) is 0 Å². The molecule has 1 aromatic carbocycles. The van der Waals surface area contributed by atoms with Crippen LogP contribution in [0, 0.1) is 0 Å². The molecule has 2 heteroatoms. The first kappa shape index (κ1) is 13.6. The maximum atomic E-state index is 9.98. The predicted molar refractivity (Wildman–Crippen MR) is 75.6 cm³/mol. The number of hydrogen-bond acceptors (Lipinski definition) is 2. The lowest BCUT2D eigenvalue weighted by Crippen LogP contribution is -2.43. The molecule has 3 unspecified atom stereocenters. The average Bonchev–Trinajstić information content (AvgIpc) is 2.41. The van der Waals surface area contributed by atoms with Crippen molar-refractivity contribution in [3.8, 4) is 0 Å². The molecule has 2 rings (SSSR count). The van der Waals surface area contributed by atoms with E-state index in [1.165, 1.54) is 24.0 Å². The minimum atomic E-state index is -0.170. The fraction of sp³-hybridized carbons (Fsp3) is 0.625. The first-order valence-corrected chi connectivity index (χ1v) is 7.23. The second-order valence-electron chi connectivity index (χ2n) is 5.44. The highest BCUT2D eigenvalue weighted by atomic mass is 16.3. The zero-order chi connectivity index (χ0) is 13.0. The van der Waals surface area contributed by atoms with Crippen LogP contribution in [0.1, 0.15) is 56.7 Å². The van der Waals surface area contributed by atoms with Crippen LogP contribution in [-0.4, -0.2) is 17.3 Å². The van der Waals surface area contributed by atoms with Crippen LogP contribution in [0.2, 0.25) is 0 Å². The van der Waals surface area contributed by atoms with Crippen molar-refractivity contribution >= 4 is 0 Å². The molecule has 2 N–H and O–H groups in total. The lowest BCUT2D eigenvalue weighted by molar-refractivity contribution is 0.0860. The first-order valence-electron chi connectivity index (χ1n) is 7.23. The zero-order valence-corrected chi connectivity index (χ0v) is 11.5. The van der Waals surface area contributed by atoms with Crippen LogP contribution in [-0.2, 0) is 6.42 Å². The molecule has 0 saturated heterocycles. The Morgan fingerprint density at radius 3 is 2.50 bits per heavy atom. The smallest absolute Gasteiger partial charge is 0.0693 e. The maximum Gasteiger partial charge on any atom is 0.0693 e. The van der Waals surface area contributed by atoms with Gasteiger partial charge in [-0.15, -0.1) is 0 Å². The van der Waals surface area contributed by atoms with Crippen LogP contribution in [0.15, 0.2) is 24.3 Å². The molecule has 0 spiro atoms. The third kappa shape index (κ3) is 3.33. The van der Waals surface area contributed by atoms with Gasteiger partial charge in [-0.1, -0.05) is 44.0 Å². The molecule has 0 amide bonds. The SMILES string of the molecule is CCc1ccc(C(C)NC2CCCCC2O)cc1. The number of rotatable bonds is 4. The minimum Gasteiger partial charge on any atom is -0.392 e. The van der Waals surface area contributed by atoms with Crippen LogP contribution >= 0.6 is 0 Å². The highest BCUT2D eigenvalue weighted by Crippen LogP contribution is 2.22. The molecule has 18 heavy (non-hydrogen) atoms. The average molecular weight is 247 g/mol. The van der Waals surface area contributed by atoms with Crippen molar-refractivity contribution in [3.63, 3.8) is 0 Å². The molecular formula is C16H25NO. The minimum absolute atomic E-state index is 0.170. The van der Waals surface area contributed by atoms with Gasteiger partial charge in [-0.2, -0.15) is 0 Å². The van der Waals surface area contributed by atoms with Gasteiger partial charge < -0.3 is 10.4 Å². The van der Waals surface area contributed by atoms with Gasteiger partial charge in [0.05, 0.1) is 6.10 Å². The van der Waals surface area contributed by atoms with Gasteiger partial charge in [0.1, 0.15) is 0 Å². The molecule has 1 fully saturated rings. The van der Waals surface area contributed by atoms with E-state index in [-0.39, 0.29) is 12.1 Å². The van der Waals surface area contributed by atoms with Crippen molar-refractivity contribution in [2.75, 3.05) is 0 Å². The molecule has 1 aliphatic rings. The van der Waals surface area contributed by atoms with Crippen LogP contribution < -0.4 is 5.32 Å². The summed E-state index contributed by atoms with van der Waals surface area (Å²) in [5.74, 6) is 0. The van der Waals surface area contributed by atoms with Crippen molar-refractivity contribution < 1.29 is 5.11 Å². The number of aliphatic hydroxyl groups is 1. The molecule has 0 heterocycles. The molecule has 0 aliphatic heterocycles. The van der Waals surface area contributed by atoms with E-state index in [9.17, 15) is 5.11 Å². The van der Waals surface area contributed by atoms with Crippen molar-refractivity contribution in [2.45, 2.75) is 64.1 Å². The molecule has 1 saturated carbocycles. The molecule has 2 nitrogen and oxygen atoms in total. The number of benzene rings is 1. The fourth-order valence-corrected chi connectivity index (χ4v) is 2.77. The number of aryl methyl sites for hydroxylation is 1. The summed E-state index contributed by atoms with van der Waals surface area (Å²) in [6.07, 6.45) is 5.35. The summed E-state index contributed by atoms with van der Waals surface area (Å²) >= 11 is 0. The Hall–Kier alpha value is -0.860. The van der Waals surface area contributed by atoms with E-state index in [0.29, 0.717) is 6.04 Å². The highest BCUT2D eigenvalue weighted by molar-refractivity contribution is 5.24. The Bertz CT molecular complexity index is 360. The Kier molecular flexibility index (Phi) is 4.79. The standard InChI is InChI=1S/C16H25NO/c1-3-13-8-10-14(11-9-13)12(2)17-15-6-4-5-7-16(15)18/h8-12,15-18H,3-7H2,1-2H3. The van der Waals surface area contributed by atoms with Gasteiger partial charge in [-0.3, -0.25) is 0 Å². The van der Waals surface area contributed by atoms with Gasteiger partial charge in [-0.05, 0) is 37.3 Å². The zero-order valence-electron chi connectivity index (χ0n) is 11.5. The summed E-state index contributed by atoms with van der Waals surface area (Å²) in [6.45, 7) is 4.36. The number of hydrogen-bond donors (Lipinski definition) is 2. The summed E-state index contributed by atoms with van der Waals surface area (Å²) in [4.78, 5) is 0. The topological polar surface area (TPSA) is 32.3 Å². The predicted octanol–water partition coefficient (Wildman–Crippen LogP) is 3.20. The quantitative estimate of drug-likeness (QED) is 0.856. The lowest BCUT2D eigenvalue weighted by Gasteiger charge is -2.31. The molecule has 1 aromatic rings. The summed E-state index contributed by atoms with van der Waals surface area (Å²) in [5.41, 5.74) is 2.69. The summed E-state index contributed by atoms with van der Waals surface area (Å²) in [6, 6.07) is 9.38. The fourth-order valence-electron chi connectivity index (χ4n) is 2.77. The Morgan fingerprint density at radius 2 is 1.89 bits per heavy atom. The third-order valence-corrected chi connectivity index (χ3v) is 4.08. The molecule has 100 valence electrons. The Labute approximate surface area is 110 Å². The summed E-state index contributed by atoms with van der Waals surface area (Å²) < 4.78 is 0. The molecule has 0 bridgehead atoms. The Balaban J connectivity index is 1.95. The van der Waals surface area contributed by atoms with Gasteiger partial charge in [0.2, 0.25) is 0 Å². The van der Waals surface area contributed by atoms with Crippen LogP contribution in [0.3, 0.4) is 0 Å². The van der Waals surface area contributed by atoms with Gasteiger partial charge in [0.25, 0.3) is 0 Å². The van der Waals surface area contributed by atoms with E-state index in [2.05, 4.69) is 43.4 Å². The van der Waals surface area contributed by atoms with Gasteiger partial charge >= 0.3 is 0 Å². The summed E-state index contributed by atoms with van der Waals surface area (Å²) in [5, 5.41) is 13.6. The third-order valence-electron chi connectivity index (χ3n) is 4.08. The second kappa shape index (κ2) is 6.35. The van der Waals surface area contributed by atoms with E-state index in [0.717, 1.165) is 19.3 Å². The Morgan fingerprint density at radius 1 is 1.22 bits per heavy atom. The van der Waals surface area contributed by atoms with Crippen molar-refractivity contribution in [3.05, 3.63) is 35.4 Å². The van der Waals surface area contributed by atoms with Crippen molar-refractivity contribution in [1.29, 1.82) is 0 Å². The molecule has 1 aliphatic carbocycles. The van der Waals surface area contributed by atoms with Crippen LogP contribution in [0.5, 0.6) is 0 Å². The van der Waals surface area contributed by atoms with Crippen LogP contribution in [0.4, 0.5) is 0 Å². The number of nitrogens with one attached hydrogen (secondary N) is 1. The van der Waals surface area contributed by atoms with Crippen LogP contribution in [0.25, 0.3) is 0 Å². The van der Waals surface area contributed by atoms with E-state index in [1.807, 2.05) is 0 Å². The maximum absolute atomic E-state index is 9.98. The second-order valence-corrected chi connectivity index (χ2v) is 5.44. The normalized spacial score (nSPS) is 25.9. The van der Waals surface area contributed by atoms with Gasteiger partial charge in [0, 0.05) is 12.1 Å². The largest absolute Gasteiger partial charge is 0.392 e. The molecule has 3 atom stereocenters.